The molecule has 3 aliphatic carbocycles. The lowest BCUT2D eigenvalue weighted by Gasteiger charge is -2.46. The molecule has 0 N–H and O–H groups in total. The number of allylic oxidation sites excluding steroid dienone is 18. The largest absolute Gasteiger partial charge is 0.314 e. The van der Waals surface area contributed by atoms with Crippen LogP contribution < -0.4 is 4.90 Å². The van der Waals surface area contributed by atoms with Crippen molar-refractivity contribution in [3.63, 3.8) is 0 Å². The average molecular weight is 996 g/mol. The Balaban J connectivity index is 0.00000378. The molecule has 1 heteroatoms. The normalized spacial score (nSPS) is 18.9. The zero-order valence-corrected chi connectivity index (χ0v) is 47.6. The fourth-order valence-electron chi connectivity index (χ4n) is 12.2. The third kappa shape index (κ3) is 10.3. The minimum atomic E-state index is -0.459. The first kappa shape index (κ1) is 54.8. The second-order valence-electron chi connectivity index (χ2n) is 21.9. The first-order chi connectivity index (χ1) is 36.6. The van der Waals surface area contributed by atoms with Gasteiger partial charge in [0.15, 0.2) is 0 Å². The molecule has 6 aromatic rings. The van der Waals surface area contributed by atoms with Crippen LogP contribution in [-0.2, 0) is 16.2 Å². The van der Waals surface area contributed by atoms with Crippen molar-refractivity contribution in [2.75, 3.05) is 4.90 Å². The standard InChI is InChI=1S/C73H75N.C2H6/c1-13-16-18-27-51(5)62-45-40-57(48-70(62)73(12)67-34-25-23-32-65(67)72(10,11)66-33-24-26-35-68(66)73)54(14-2)39-46-63-53(7)71(8,9)69-49-60(44-47-64(63)69)74(59-42-37-56(38-43-59)55-29-19-17-20-30-55)58(15-3)41-36-52(6)61-31-22-21-28-50(61)4;1-2/h13-14,16-27,29-50,53H,2,5,15,28H2,1,3-4,6-12H3;1-2H3/b16-13-,27-18-,52-36+,54-39+,58-41+,63-46+;. The quantitative estimate of drug-likeness (QED) is 0.0983. The molecular weight excluding hydrogens is 915 g/mol. The molecule has 2 unspecified atom stereocenters. The van der Waals surface area contributed by atoms with E-state index in [1.165, 1.54) is 78.2 Å². The Labute approximate surface area is 458 Å². The van der Waals surface area contributed by atoms with Crippen molar-refractivity contribution in [2.24, 2.45) is 11.8 Å². The number of hydrogen-bond donors (Lipinski definition) is 0. The maximum absolute atomic E-state index is 4.67. The number of hydrogen-bond acceptors (Lipinski definition) is 1. The van der Waals surface area contributed by atoms with Gasteiger partial charge in [0.25, 0.3) is 0 Å². The minimum absolute atomic E-state index is 0.119. The highest BCUT2D eigenvalue weighted by atomic mass is 15.1. The number of nitrogens with zero attached hydrogens (tertiary/aromatic N) is 1. The molecule has 6 aromatic carbocycles. The van der Waals surface area contributed by atoms with Gasteiger partial charge in [-0.05, 0) is 176 Å². The van der Waals surface area contributed by atoms with Crippen molar-refractivity contribution in [3.8, 4) is 11.1 Å². The van der Waals surface area contributed by atoms with Gasteiger partial charge < -0.3 is 4.90 Å². The van der Waals surface area contributed by atoms with E-state index in [0.717, 1.165) is 40.8 Å². The molecule has 0 spiro atoms. The zero-order chi connectivity index (χ0) is 54.4. The summed E-state index contributed by atoms with van der Waals surface area (Å²) in [5.74, 6) is 0.772. The lowest BCUT2D eigenvalue weighted by Crippen LogP contribution is -2.39. The van der Waals surface area contributed by atoms with Gasteiger partial charge >= 0.3 is 0 Å². The fourth-order valence-corrected chi connectivity index (χ4v) is 12.2. The van der Waals surface area contributed by atoms with Gasteiger partial charge in [-0.2, -0.15) is 0 Å². The minimum Gasteiger partial charge on any atom is -0.314 e. The lowest BCUT2D eigenvalue weighted by molar-refractivity contribution is 0.442. The van der Waals surface area contributed by atoms with E-state index in [1.807, 2.05) is 26.8 Å². The summed E-state index contributed by atoms with van der Waals surface area (Å²) in [4.78, 5) is 2.48. The van der Waals surface area contributed by atoms with Crippen LogP contribution in [0.4, 0.5) is 11.4 Å². The summed E-state index contributed by atoms with van der Waals surface area (Å²) in [7, 11) is 0. The number of rotatable bonds is 14. The van der Waals surface area contributed by atoms with Crippen molar-refractivity contribution in [3.05, 3.63) is 293 Å². The maximum Gasteiger partial charge on any atom is 0.0461 e. The second kappa shape index (κ2) is 23.2. The zero-order valence-electron chi connectivity index (χ0n) is 47.6. The molecule has 0 heterocycles. The maximum atomic E-state index is 4.67. The first-order valence-corrected chi connectivity index (χ1v) is 27.9. The third-order valence-corrected chi connectivity index (χ3v) is 16.9. The van der Waals surface area contributed by atoms with E-state index in [0.29, 0.717) is 5.92 Å². The second-order valence-corrected chi connectivity index (χ2v) is 21.9. The van der Waals surface area contributed by atoms with Crippen LogP contribution in [0.15, 0.2) is 242 Å². The summed E-state index contributed by atoms with van der Waals surface area (Å²) >= 11 is 0. The van der Waals surface area contributed by atoms with Gasteiger partial charge in [0.1, 0.15) is 0 Å². The van der Waals surface area contributed by atoms with Crippen molar-refractivity contribution in [1.29, 1.82) is 0 Å². The van der Waals surface area contributed by atoms with Crippen LogP contribution >= 0.6 is 0 Å². The Hall–Kier alpha value is -7.48. The highest BCUT2D eigenvalue weighted by molar-refractivity contribution is 5.86. The van der Waals surface area contributed by atoms with E-state index in [2.05, 4.69) is 287 Å². The molecule has 386 valence electrons. The monoisotopic (exact) mass is 996 g/mol. The van der Waals surface area contributed by atoms with Crippen molar-refractivity contribution < 1.29 is 0 Å². The van der Waals surface area contributed by atoms with Crippen LogP contribution in [0.2, 0.25) is 0 Å². The number of benzene rings is 6. The van der Waals surface area contributed by atoms with Crippen LogP contribution in [0.25, 0.3) is 27.8 Å². The number of fused-ring (bicyclic) bond motifs is 3. The molecule has 0 radical (unpaired) electrons. The predicted octanol–water partition coefficient (Wildman–Crippen LogP) is 21.0. The van der Waals surface area contributed by atoms with Gasteiger partial charge in [0.2, 0.25) is 0 Å². The molecule has 0 saturated heterocycles. The summed E-state index contributed by atoms with van der Waals surface area (Å²) in [6.45, 7) is 36.4. The summed E-state index contributed by atoms with van der Waals surface area (Å²) in [5.41, 5.74) is 22.9. The van der Waals surface area contributed by atoms with E-state index < -0.39 is 5.41 Å². The molecule has 9 rings (SSSR count). The molecule has 0 aromatic heterocycles. The Kier molecular flexibility index (Phi) is 16.7. The van der Waals surface area contributed by atoms with E-state index >= 15 is 0 Å². The highest BCUT2D eigenvalue weighted by Crippen LogP contribution is 2.55. The SMILES string of the molecule is C=C/C(=C\C=C1\c2ccc(N(/C(=C/C=C(\C)C3=CC=CCC3C)CC)c3ccc(-c4ccccc4)cc3)cc2C(C)(C)C1C)c1ccc(C(=C)/C=C\C=C/C)c(C2(C)c3ccccc3C(C)(C)c3ccccc32)c1.CC. The van der Waals surface area contributed by atoms with Crippen molar-refractivity contribution in [2.45, 2.75) is 112 Å². The average Bonchev–Trinajstić information content (AvgIpc) is 3.68. The molecule has 0 amide bonds. The van der Waals surface area contributed by atoms with Crippen LogP contribution in [0, 0.1) is 11.8 Å². The third-order valence-electron chi connectivity index (χ3n) is 16.9. The molecule has 0 saturated carbocycles. The van der Waals surface area contributed by atoms with E-state index in [1.54, 1.807) is 0 Å². The van der Waals surface area contributed by atoms with Gasteiger partial charge in [0, 0.05) is 27.9 Å². The highest BCUT2D eigenvalue weighted by Gasteiger charge is 2.46. The molecule has 2 atom stereocenters. The Bertz CT molecular complexity index is 3310. The first-order valence-electron chi connectivity index (χ1n) is 27.9. The van der Waals surface area contributed by atoms with Gasteiger partial charge in [0.05, 0.1) is 0 Å². The summed E-state index contributed by atoms with van der Waals surface area (Å²) < 4.78 is 0. The Morgan fingerprint density at radius 2 is 1.29 bits per heavy atom. The van der Waals surface area contributed by atoms with E-state index in [9.17, 15) is 0 Å². The summed E-state index contributed by atoms with van der Waals surface area (Å²) in [6.07, 6.45) is 28.5. The molecule has 76 heavy (non-hydrogen) atoms. The summed E-state index contributed by atoms with van der Waals surface area (Å²) in [5, 5.41) is 0. The molecular formula is C75H81N. The fraction of sp³-hybridized carbons (Fsp3) is 0.253. The smallest absolute Gasteiger partial charge is 0.0461 e. The van der Waals surface area contributed by atoms with E-state index in [-0.39, 0.29) is 16.7 Å². The van der Waals surface area contributed by atoms with Crippen molar-refractivity contribution >= 4 is 28.1 Å². The van der Waals surface area contributed by atoms with Crippen LogP contribution in [0.3, 0.4) is 0 Å². The molecule has 0 aliphatic heterocycles. The van der Waals surface area contributed by atoms with Crippen LogP contribution in [0.1, 0.15) is 146 Å². The Morgan fingerprint density at radius 3 is 1.91 bits per heavy atom. The predicted molar refractivity (Wildman–Crippen MR) is 333 cm³/mol. The van der Waals surface area contributed by atoms with Gasteiger partial charge in [-0.15, -0.1) is 0 Å². The molecule has 0 fully saturated rings. The number of anilines is 2. The van der Waals surface area contributed by atoms with Gasteiger partial charge in [-0.3, -0.25) is 0 Å². The van der Waals surface area contributed by atoms with Crippen LogP contribution in [-0.4, -0.2) is 0 Å². The van der Waals surface area contributed by atoms with Gasteiger partial charge in [-0.1, -0.05) is 252 Å². The van der Waals surface area contributed by atoms with Crippen molar-refractivity contribution in [1.82, 2.24) is 0 Å². The van der Waals surface area contributed by atoms with E-state index in [4.69, 9.17) is 0 Å². The lowest BCUT2D eigenvalue weighted by atomic mass is 9.56. The molecule has 0 bridgehead atoms. The Morgan fingerprint density at radius 1 is 0.671 bits per heavy atom. The van der Waals surface area contributed by atoms with Crippen LogP contribution in [0.5, 0.6) is 0 Å². The van der Waals surface area contributed by atoms with Gasteiger partial charge in [-0.25, -0.2) is 0 Å². The topological polar surface area (TPSA) is 3.24 Å². The molecule has 3 aliphatic rings. The molecule has 1 nitrogen and oxygen atoms in total. The summed E-state index contributed by atoms with van der Waals surface area (Å²) in [6, 6.07) is 52.0.